The van der Waals surface area contributed by atoms with Crippen molar-refractivity contribution in [2.75, 3.05) is 0 Å². The Kier molecular flexibility index (Phi) is 5.80. The summed E-state index contributed by atoms with van der Waals surface area (Å²) in [5.41, 5.74) is 0.994. The lowest BCUT2D eigenvalue weighted by Crippen LogP contribution is -2.26. The molecule has 0 aliphatic carbocycles. The van der Waals surface area contributed by atoms with Crippen LogP contribution in [0.4, 0.5) is 0 Å². The van der Waals surface area contributed by atoms with Gasteiger partial charge >= 0.3 is 0 Å². The van der Waals surface area contributed by atoms with Gasteiger partial charge in [-0.15, -0.1) is 6.58 Å². The van der Waals surface area contributed by atoms with Gasteiger partial charge in [0.05, 0.1) is 5.25 Å². The van der Waals surface area contributed by atoms with E-state index in [1.54, 1.807) is 0 Å². The lowest BCUT2D eigenvalue weighted by atomic mass is 10.1. The second kappa shape index (κ2) is 6.05. The minimum Gasteiger partial charge on any atom is -0.294 e. The summed E-state index contributed by atoms with van der Waals surface area (Å²) in [7, 11) is -3.35. The van der Waals surface area contributed by atoms with Gasteiger partial charge in [-0.2, -0.15) is 0 Å². The van der Waals surface area contributed by atoms with Crippen LogP contribution in [0.1, 0.15) is 46.5 Å². The fourth-order valence-electron chi connectivity index (χ4n) is 1.43. The van der Waals surface area contributed by atoms with Crippen LogP contribution in [0.25, 0.3) is 0 Å². The van der Waals surface area contributed by atoms with Crippen LogP contribution in [-0.2, 0) is 9.84 Å². The molecular weight excluding hydrogens is 210 g/mol. The summed E-state index contributed by atoms with van der Waals surface area (Å²) in [4.78, 5) is 0. The molecule has 0 aromatic rings. The second-order valence-corrected chi connectivity index (χ2v) is 6.38. The minimum atomic E-state index is -3.35. The summed E-state index contributed by atoms with van der Waals surface area (Å²) >= 11 is 0. The third-order valence-corrected chi connectivity index (χ3v) is 4.57. The third kappa shape index (κ3) is 4.60. The molecule has 0 saturated heterocycles. The summed E-state index contributed by atoms with van der Waals surface area (Å²) in [6.07, 6.45) is 2.76. The van der Waals surface area contributed by atoms with Crippen molar-refractivity contribution in [3.8, 4) is 0 Å². The molecule has 15 heavy (non-hydrogen) atoms. The molecule has 0 fully saturated rings. The van der Waals surface area contributed by atoms with Gasteiger partial charge in [-0.3, -0.25) is 5.41 Å². The van der Waals surface area contributed by atoms with E-state index in [2.05, 4.69) is 6.58 Å². The summed E-state index contributed by atoms with van der Waals surface area (Å²) in [6, 6.07) is 0. The summed E-state index contributed by atoms with van der Waals surface area (Å²) in [5, 5.41) is 6.66. The van der Waals surface area contributed by atoms with Gasteiger partial charge in [-0.25, -0.2) is 8.42 Å². The maximum absolute atomic E-state index is 11.8. The molecule has 4 heteroatoms. The van der Waals surface area contributed by atoms with Gasteiger partial charge in [0.1, 0.15) is 5.04 Å². The standard InChI is InChI=1S/C11H21NO2S/c1-5-6-11(8-7-9(2)3)15(13,14)10(4)12/h11-12H,2,5-8H2,1,3-4H3. The fourth-order valence-corrected chi connectivity index (χ4v) is 2.91. The van der Waals surface area contributed by atoms with Crippen molar-refractivity contribution in [1.29, 1.82) is 5.41 Å². The zero-order chi connectivity index (χ0) is 12.1. The number of sulfone groups is 1. The average Bonchev–Trinajstić information content (AvgIpc) is 2.11. The van der Waals surface area contributed by atoms with Gasteiger partial charge in [0.2, 0.25) is 0 Å². The SMILES string of the molecule is C=C(C)CCC(CCC)S(=O)(=O)C(C)=N. The molecule has 1 atom stereocenters. The van der Waals surface area contributed by atoms with E-state index in [4.69, 9.17) is 5.41 Å². The van der Waals surface area contributed by atoms with Gasteiger partial charge in [0.15, 0.2) is 9.84 Å². The summed E-state index contributed by atoms with van der Waals surface area (Å²) in [5.74, 6) is 0. The molecule has 0 amide bonds. The first-order valence-corrected chi connectivity index (χ1v) is 6.80. The van der Waals surface area contributed by atoms with Crippen molar-refractivity contribution in [2.24, 2.45) is 0 Å². The maximum Gasteiger partial charge on any atom is 0.193 e. The molecule has 0 aromatic heterocycles. The Hall–Kier alpha value is -0.640. The van der Waals surface area contributed by atoms with E-state index in [1.165, 1.54) is 6.92 Å². The van der Waals surface area contributed by atoms with Gasteiger partial charge < -0.3 is 0 Å². The fraction of sp³-hybridized carbons (Fsp3) is 0.727. The van der Waals surface area contributed by atoms with Gasteiger partial charge in [0, 0.05) is 0 Å². The Morgan fingerprint density at radius 1 is 1.33 bits per heavy atom. The zero-order valence-electron chi connectivity index (χ0n) is 9.84. The predicted molar refractivity (Wildman–Crippen MR) is 65.1 cm³/mol. The Morgan fingerprint density at radius 2 is 1.87 bits per heavy atom. The Bertz CT molecular complexity index is 330. The quantitative estimate of drug-likeness (QED) is 0.434. The highest BCUT2D eigenvalue weighted by atomic mass is 32.2. The largest absolute Gasteiger partial charge is 0.294 e. The lowest BCUT2D eigenvalue weighted by Gasteiger charge is -2.15. The van der Waals surface area contributed by atoms with Gasteiger partial charge in [0.25, 0.3) is 0 Å². The molecule has 0 heterocycles. The first-order valence-electron chi connectivity index (χ1n) is 5.25. The summed E-state index contributed by atoms with van der Waals surface area (Å²) < 4.78 is 23.6. The molecule has 0 rings (SSSR count). The number of allylic oxidation sites excluding steroid dienone is 1. The number of rotatable bonds is 6. The molecule has 1 N–H and O–H groups in total. The van der Waals surface area contributed by atoms with E-state index >= 15 is 0 Å². The molecule has 0 spiro atoms. The van der Waals surface area contributed by atoms with Crippen molar-refractivity contribution in [1.82, 2.24) is 0 Å². The Balaban J connectivity index is 4.66. The number of nitrogens with one attached hydrogen (secondary N) is 1. The first kappa shape index (κ1) is 14.4. The van der Waals surface area contributed by atoms with E-state index in [0.29, 0.717) is 12.8 Å². The molecule has 0 saturated carbocycles. The predicted octanol–water partition coefficient (Wildman–Crippen LogP) is 2.92. The Morgan fingerprint density at radius 3 is 2.20 bits per heavy atom. The van der Waals surface area contributed by atoms with Crippen LogP contribution in [0.15, 0.2) is 12.2 Å². The smallest absolute Gasteiger partial charge is 0.193 e. The molecule has 1 unspecified atom stereocenters. The van der Waals surface area contributed by atoms with E-state index in [0.717, 1.165) is 18.4 Å². The van der Waals surface area contributed by atoms with E-state index in [1.807, 2.05) is 13.8 Å². The topological polar surface area (TPSA) is 58.0 Å². The van der Waals surface area contributed by atoms with Gasteiger partial charge in [-0.05, 0) is 33.1 Å². The maximum atomic E-state index is 11.8. The normalized spacial score (nSPS) is 13.5. The number of hydrogen-bond donors (Lipinski definition) is 1. The lowest BCUT2D eigenvalue weighted by molar-refractivity contribution is 0.568. The molecule has 0 radical (unpaired) electrons. The minimum absolute atomic E-state index is 0.220. The molecular formula is C11H21NO2S. The molecule has 3 nitrogen and oxygen atoms in total. The molecule has 0 aliphatic rings. The molecule has 0 bridgehead atoms. The van der Waals surface area contributed by atoms with E-state index in [9.17, 15) is 8.42 Å². The van der Waals surface area contributed by atoms with Crippen LogP contribution in [0.3, 0.4) is 0 Å². The van der Waals surface area contributed by atoms with E-state index in [-0.39, 0.29) is 5.04 Å². The highest BCUT2D eigenvalue weighted by Crippen LogP contribution is 2.18. The molecule has 0 aliphatic heterocycles. The van der Waals surface area contributed by atoms with Crippen LogP contribution in [-0.4, -0.2) is 18.7 Å². The van der Waals surface area contributed by atoms with Crippen LogP contribution < -0.4 is 0 Å². The van der Waals surface area contributed by atoms with Crippen LogP contribution in [0.5, 0.6) is 0 Å². The van der Waals surface area contributed by atoms with Crippen LogP contribution in [0.2, 0.25) is 0 Å². The van der Waals surface area contributed by atoms with Crippen molar-refractivity contribution >= 4 is 14.9 Å². The number of hydrogen-bond acceptors (Lipinski definition) is 3. The monoisotopic (exact) mass is 231 g/mol. The van der Waals surface area contributed by atoms with Crippen molar-refractivity contribution in [3.05, 3.63) is 12.2 Å². The van der Waals surface area contributed by atoms with Crippen molar-refractivity contribution < 1.29 is 8.42 Å². The molecule has 88 valence electrons. The second-order valence-electron chi connectivity index (χ2n) is 4.01. The van der Waals surface area contributed by atoms with Crippen molar-refractivity contribution in [2.45, 2.75) is 51.7 Å². The van der Waals surface area contributed by atoms with Crippen LogP contribution >= 0.6 is 0 Å². The summed E-state index contributed by atoms with van der Waals surface area (Å²) in [6.45, 7) is 8.97. The van der Waals surface area contributed by atoms with E-state index < -0.39 is 15.1 Å². The third-order valence-electron chi connectivity index (χ3n) is 2.37. The van der Waals surface area contributed by atoms with Crippen molar-refractivity contribution in [3.63, 3.8) is 0 Å². The highest BCUT2D eigenvalue weighted by Gasteiger charge is 2.26. The van der Waals surface area contributed by atoms with Gasteiger partial charge in [-0.1, -0.05) is 18.9 Å². The average molecular weight is 231 g/mol. The molecule has 0 aromatic carbocycles. The Labute approximate surface area is 93.0 Å². The zero-order valence-corrected chi connectivity index (χ0v) is 10.7. The van der Waals surface area contributed by atoms with Crippen LogP contribution in [0, 0.1) is 5.41 Å². The first-order chi connectivity index (χ1) is 6.82. The highest BCUT2D eigenvalue weighted by molar-refractivity contribution is 8.06.